The molecule has 4 aromatic rings. The third kappa shape index (κ3) is 3.26. The van der Waals surface area contributed by atoms with Crippen molar-refractivity contribution in [2.45, 2.75) is 18.1 Å². The van der Waals surface area contributed by atoms with Crippen molar-refractivity contribution in [1.82, 2.24) is 34.4 Å². The summed E-state index contributed by atoms with van der Waals surface area (Å²) < 4.78 is 67.4. The summed E-state index contributed by atoms with van der Waals surface area (Å²) in [5.74, 6) is -0.816. The first-order chi connectivity index (χ1) is 15.0. The van der Waals surface area contributed by atoms with Crippen molar-refractivity contribution in [3.05, 3.63) is 35.9 Å². The average Bonchev–Trinajstić information content (AvgIpc) is 3.30. The summed E-state index contributed by atoms with van der Waals surface area (Å²) in [6.07, 6.45) is -2.35. The van der Waals surface area contributed by atoms with Crippen LogP contribution in [-0.4, -0.2) is 56.3 Å². The summed E-state index contributed by atoms with van der Waals surface area (Å²) in [7, 11) is -1.02. The molecule has 0 aliphatic heterocycles. The number of pyridine rings is 1. The topological polar surface area (TPSA) is 124 Å². The van der Waals surface area contributed by atoms with Crippen molar-refractivity contribution in [3.8, 4) is 11.4 Å². The van der Waals surface area contributed by atoms with Gasteiger partial charge in [-0.2, -0.15) is 18.3 Å². The molecule has 0 fully saturated rings. The normalized spacial score (nSPS) is 12.6. The number of nitrogens with one attached hydrogen (secondary N) is 1. The summed E-state index contributed by atoms with van der Waals surface area (Å²) in [6.45, 7) is 1.42. The van der Waals surface area contributed by atoms with E-state index in [1.54, 1.807) is 0 Å². The largest absolute Gasteiger partial charge is 0.433 e. The van der Waals surface area contributed by atoms with Crippen molar-refractivity contribution in [1.29, 1.82) is 0 Å². The van der Waals surface area contributed by atoms with Crippen molar-refractivity contribution in [2.75, 3.05) is 12.8 Å². The molecule has 0 atom stereocenters. The van der Waals surface area contributed by atoms with Gasteiger partial charge in [-0.3, -0.25) is 4.79 Å². The van der Waals surface area contributed by atoms with Gasteiger partial charge in [0, 0.05) is 20.3 Å². The van der Waals surface area contributed by atoms with Gasteiger partial charge < -0.3 is 9.88 Å². The number of hydrogen-bond donors (Lipinski definition) is 1. The van der Waals surface area contributed by atoms with Crippen LogP contribution in [-0.2, 0) is 23.1 Å². The highest BCUT2D eigenvalue weighted by Gasteiger charge is 2.34. The van der Waals surface area contributed by atoms with Gasteiger partial charge in [0.05, 0.1) is 23.0 Å². The van der Waals surface area contributed by atoms with Crippen molar-refractivity contribution in [3.63, 3.8) is 0 Å². The van der Waals surface area contributed by atoms with Crippen molar-refractivity contribution >= 4 is 32.4 Å². The Morgan fingerprint density at radius 2 is 1.97 bits per heavy atom. The number of carbonyl (C=O) groups excluding carboxylic acids is 1. The van der Waals surface area contributed by atoms with E-state index < -0.39 is 27.6 Å². The highest BCUT2D eigenvalue weighted by atomic mass is 32.2. The van der Waals surface area contributed by atoms with Gasteiger partial charge in [0.25, 0.3) is 5.91 Å². The van der Waals surface area contributed by atoms with Gasteiger partial charge in [0.15, 0.2) is 20.5 Å². The number of sulfone groups is 1. The zero-order valence-electron chi connectivity index (χ0n) is 17.0. The van der Waals surface area contributed by atoms with Crippen LogP contribution in [0.1, 0.15) is 23.1 Å². The number of fused-ring (bicyclic) bond motifs is 2. The minimum Gasteiger partial charge on any atom is -0.354 e. The number of nitrogens with zero attached hydrogens (tertiary/aromatic N) is 6. The van der Waals surface area contributed by atoms with Crippen LogP contribution in [0.25, 0.3) is 28.1 Å². The Balaban J connectivity index is 2.10. The lowest BCUT2D eigenvalue weighted by Crippen LogP contribution is -2.21. The minimum absolute atomic E-state index is 0.0144. The van der Waals surface area contributed by atoms with E-state index in [1.165, 1.54) is 37.8 Å². The number of rotatable bonds is 4. The highest BCUT2D eigenvalue weighted by molar-refractivity contribution is 7.91. The molecule has 0 spiro atoms. The average molecular weight is 467 g/mol. The quantitative estimate of drug-likeness (QED) is 0.486. The zero-order valence-corrected chi connectivity index (χ0v) is 17.8. The molecule has 0 saturated carbocycles. The lowest BCUT2D eigenvalue weighted by molar-refractivity contribution is -0.141. The predicted molar refractivity (Wildman–Crippen MR) is 107 cm³/mol. The maximum atomic E-state index is 13.1. The summed E-state index contributed by atoms with van der Waals surface area (Å²) in [4.78, 5) is 24.1. The Bertz CT molecular complexity index is 1490. The number of aromatic nitrogens is 6. The van der Waals surface area contributed by atoms with Crippen LogP contribution in [0.2, 0.25) is 0 Å². The van der Waals surface area contributed by atoms with Crippen LogP contribution < -0.4 is 5.32 Å². The maximum Gasteiger partial charge on any atom is 0.433 e. The fraction of sp³-hybridized carbons (Fsp3) is 0.278. The van der Waals surface area contributed by atoms with E-state index in [2.05, 4.69) is 25.4 Å². The van der Waals surface area contributed by atoms with Crippen molar-refractivity contribution in [2.24, 2.45) is 7.05 Å². The second kappa shape index (κ2) is 7.25. The molecule has 0 saturated heterocycles. The molecule has 1 amide bonds. The molecule has 0 aromatic carbocycles. The zero-order chi connectivity index (χ0) is 23.4. The molecule has 0 unspecified atom stereocenters. The number of aryl methyl sites for hydroxylation is 1. The molecule has 14 heteroatoms. The smallest absolute Gasteiger partial charge is 0.354 e. The Hall–Kier alpha value is -3.55. The van der Waals surface area contributed by atoms with E-state index in [0.717, 1.165) is 16.8 Å². The first-order valence-corrected chi connectivity index (χ1v) is 10.9. The number of carbonyl (C=O) groups is 1. The lowest BCUT2D eigenvalue weighted by atomic mass is 10.3. The van der Waals surface area contributed by atoms with Gasteiger partial charge in [-0.15, -0.1) is 0 Å². The Morgan fingerprint density at radius 1 is 1.25 bits per heavy atom. The second-order valence-corrected chi connectivity index (χ2v) is 8.97. The third-order valence-electron chi connectivity index (χ3n) is 4.90. The number of halogens is 3. The number of alkyl halides is 3. The molecule has 0 bridgehead atoms. The monoisotopic (exact) mass is 467 g/mol. The predicted octanol–water partition coefficient (Wildman–Crippen LogP) is 1.85. The molecule has 4 aromatic heterocycles. The SMILES string of the molecule is CCS(=O)(=O)c1nn2c(C(=O)NC)ccnc2c1-c1nc2cc(C(F)(F)F)ncc2n1C. The molecular formula is C18H16F3N7O3S. The first-order valence-electron chi connectivity index (χ1n) is 9.22. The number of hydrogen-bond acceptors (Lipinski definition) is 7. The second-order valence-electron chi connectivity index (χ2n) is 6.78. The van der Waals surface area contributed by atoms with Gasteiger partial charge in [0.1, 0.15) is 22.8 Å². The maximum absolute atomic E-state index is 13.1. The molecule has 0 aliphatic carbocycles. The molecule has 32 heavy (non-hydrogen) atoms. The van der Waals surface area contributed by atoms with Gasteiger partial charge >= 0.3 is 6.18 Å². The molecule has 1 N–H and O–H groups in total. The summed E-state index contributed by atoms with van der Waals surface area (Å²) in [5, 5.41) is 6.18. The van der Waals surface area contributed by atoms with Crippen LogP contribution in [0.4, 0.5) is 13.2 Å². The van der Waals surface area contributed by atoms with Crippen LogP contribution in [0.3, 0.4) is 0 Å². The fourth-order valence-electron chi connectivity index (χ4n) is 3.24. The fourth-order valence-corrected chi connectivity index (χ4v) is 4.22. The van der Waals surface area contributed by atoms with E-state index in [1.807, 2.05) is 0 Å². The van der Waals surface area contributed by atoms with E-state index in [-0.39, 0.29) is 44.5 Å². The molecule has 0 aliphatic rings. The molecule has 4 rings (SSSR count). The van der Waals surface area contributed by atoms with Crippen LogP contribution >= 0.6 is 0 Å². The van der Waals surface area contributed by atoms with E-state index >= 15 is 0 Å². The molecule has 0 radical (unpaired) electrons. The third-order valence-corrected chi connectivity index (χ3v) is 6.54. The van der Waals surface area contributed by atoms with E-state index in [0.29, 0.717) is 0 Å². The lowest BCUT2D eigenvalue weighted by Gasteiger charge is -2.05. The standard InChI is InChI=1S/C18H16F3N7O3S/c1-4-32(30,31)17-13(14-23-6-5-10(16(29)22-2)28(14)26-17)15-25-9-7-12(18(19,20)21)24-8-11(9)27(15)3/h5-8H,4H2,1-3H3,(H,22,29). The number of amides is 1. The molecule has 10 nitrogen and oxygen atoms in total. The van der Waals surface area contributed by atoms with Gasteiger partial charge in [-0.1, -0.05) is 6.92 Å². The summed E-state index contributed by atoms with van der Waals surface area (Å²) in [5.41, 5.74) is -0.904. The Morgan fingerprint density at radius 3 is 2.59 bits per heavy atom. The summed E-state index contributed by atoms with van der Waals surface area (Å²) in [6, 6.07) is 2.14. The molecule has 4 heterocycles. The molecule has 168 valence electrons. The highest BCUT2D eigenvalue weighted by Crippen LogP contribution is 2.34. The van der Waals surface area contributed by atoms with Crippen LogP contribution in [0.15, 0.2) is 29.6 Å². The van der Waals surface area contributed by atoms with Gasteiger partial charge in [-0.25, -0.2) is 27.9 Å². The Kier molecular flexibility index (Phi) is 4.91. The minimum atomic E-state index is -4.67. The van der Waals surface area contributed by atoms with Crippen LogP contribution in [0.5, 0.6) is 0 Å². The van der Waals surface area contributed by atoms with Gasteiger partial charge in [-0.05, 0) is 12.1 Å². The first kappa shape index (κ1) is 21.7. The molecular weight excluding hydrogens is 451 g/mol. The Labute approximate surface area is 179 Å². The van der Waals surface area contributed by atoms with E-state index in [4.69, 9.17) is 0 Å². The van der Waals surface area contributed by atoms with Crippen LogP contribution in [0, 0.1) is 0 Å². The number of imidazole rings is 1. The van der Waals surface area contributed by atoms with Gasteiger partial charge in [0.2, 0.25) is 0 Å². The van der Waals surface area contributed by atoms with E-state index in [9.17, 15) is 26.4 Å². The van der Waals surface area contributed by atoms with Crippen molar-refractivity contribution < 1.29 is 26.4 Å². The summed E-state index contributed by atoms with van der Waals surface area (Å²) >= 11 is 0.